The normalized spacial score (nSPS) is 12.8. The molecule has 0 spiro atoms. The highest BCUT2D eigenvalue weighted by Gasteiger charge is 2.25. The fourth-order valence-electron chi connectivity index (χ4n) is 3.09. The Morgan fingerprint density at radius 2 is 1.36 bits per heavy atom. The van der Waals surface area contributed by atoms with E-state index < -0.39 is 0 Å². The van der Waals surface area contributed by atoms with Crippen LogP contribution in [0.5, 0.6) is 5.75 Å². The van der Waals surface area contributed by atoms with Crippen LogP contribution in [0.15, 0.2) is 12.1 Å². The number of unbranched alkanes of at least 4 members (excludes halogenated alkanes) is 2. The highest BCUT2D eigenvalue weighted by molar-refractivity contribution is 5.48. The van der Waals surface area contributed by atoms with Crippen LogP contribution in [-0.2, 0) is 17.4 Å². The molecule has 0 aliphatic heterocycles. The molecule has 0 fully saturated rings. The molecule has 0 saturated carbocycles. The Balaban J connectivity index is 3.26. The molecule has 0 aliphatic rings. The Kier molecular flexibility index (Phi) is 7.99. The molecule has 144 valence electrons. The van der Waals surface area contributed by atoms with E-state index in [1.807, 2.05) is 0 Å². The lowest BCUT2D eigenvalue weighted by Crippen LogP contribution is -2.26. The van der Waals surface area contributed by atoms with Crippen LogP contribution in [0.3, 0.4) is 0 Å². The summed E-state index contributed by atoms with van der Waals surface area (Å²) in [6, 6.07) is 4.44. The van der Waals surface area contributed by atoms with Gasteiger partial charge in [-0.3, -0.25) is 4.90 Å². The summed E-state index contributed by atoms with van der Waals surface area (Å²) in [6.07, 6.45) is 4.86. The number of phenolic OH excluding ortho intramolecular Hbond substituents is 1. The molecule has 0 bridgehead atoms. The highest BCUT2D eigenvalue weighted by atomic mass is 16.3. The van der Waals surface area contributed by atoms with Crippen molar-refractivity contribution in [1.82, 2.24) is 4.90 Å². The van der Waals surface area contributed by atoms with Gasteiger partial charge in [0, 0.05) is 12.1 Å². The monoisotopic (exact) mass is 347 g/mol. The maximum absolute atomic E-state index is 11.0. The zero-order valence-corrected chi connectivity index (χ0v) is 18.0. The fraction of sp³-hybridized carbons (Fsp3) is 0.739. The Labute approximate surface area is 156 Å². The molecule has 0 unspecified atom stereocenters. The summed E-state index contributed by atoms with van der Waals surface area (Å²) in [5, 5.41) is 11.0. The number of benzene rings is 1. The standard InChI is InChI=1S/C23H41NO/c1-9-11-13-24(14-12-10-2)17-18-15-19(22(3,4)5)16-20(21(18)25)23(6,7)8/h15-16,25H,9-14,17H2,1-8H3. The van der Waals surface area contributed by atoms with Gasteiger partial charge in [0.15, 0.2) is 0 Å². The van der Waals surface area contributed by atoms with E-state index in [1.165, 1.54) is 31.2 Å². The first-order valence-corrected chi connectivity index (χ1v) is 10.1. The smallest absolute Gasteiger partial charge is 0.123 e. The van der Waals surface area contributed by atoms with E-state index >= 15 is 0 Å². The van der Waals surface area contributed by atoms with Crippen molar-refractivity contribution in [2.45, 2.75) is 98.4 Å². The molecular weight excluding hydrogens is 306 g/mol. The average molecular weight is 348 g/mol. The van der Waals surface area contributed by atoms with E-state index in [1.54, 1.807) is 0 Å². The molecule has 0 aliphatic carbocycles. The number of phenols is 1. The first-order valence-electron chi connectivity index (χ1n) is 10.1. The highest BCUT2D eigenvalue weighted by Crippen LogP contribution is 2.38. The Morgan fingerprint density at radius 3 is 1.76 bits per heavy atom. The SMILES string of the molecule is CCCCN(CCCC)Cc1cc(C(C)(C)C)cc(C(C)(C)C)c1O. The minimum Gasteiger partial charge on any atom is -0.507 e. The largest absolute Gasteiger partial charge is 0.507 e. The van der Waals surface area contributed by atoms with E-state index in [9.17, 15) is 5.11 Å². The quantitative estimate of drug-likeness (QED) is 0.589. The summed E-state index contributed by atoms with van der Waals surface area (Å²) < 4.78 is 0. The fourth-order valence-corrected chi connectivity index (χ4v) is 3.09. The number of aromatic hydroxyl groups is 1. The molecule has 0 radical (unpaired) electrons. The van der Waals surface area contributed by atoms with Crippen LogP contribution in [-0.4, -0.2) is 23.1 Å². The summed E-state index contributed by atoms with van der Waals surface area (Å²) in [5.74, 6) is 0.499. The van der Waals surface area contributed by atoms with Gasteiger partial charge in [0.05, 0.1) is 0 Å². The van der Waals surface area contributed by atoms with E-state index in [0.717, 1.165) is 30.8 Å². The maximum Gasteiger partial charge on any atom is 0.123 e. The zero-order valence-electron chi connectivity index (χ0n) is 18.0. The molecule has 2 heteroatoms. The van der Waals surface area contributed by atoms with Gasteiger partial charge in [-0.1, -0.05) is 80.4 Å². The molecule has 1 N–H and O–H groups in total. The second kappa shape index (κ2) is 9.07. The molecule has 2 nitrogen and oxygen atoms in total. The molecule has 0 heterocycles. The molecule has 0 saturated heterocycles. The Morgan fingerprint density at radius 1 is 0.840 bits per heavy atom. The van der Waals surface area contributed by atoms with Gasteiger partial charge in [-0.15, -0.1) is 0 Å². The van der Waals surface area contributed by atoms with E-state index in [0.29, 0.717) is 5.75 Å². The maximum atomic E-state index is 11.0. The Hall–Kier alpha value is -1.02. The summed E-state index contributed by atoms with van der Waals surface area (Å²) in [7, 11) is 0. The van der Waals surface area contributed by atoms with Gasteiger partial charge >= 0.3 is 0 Å². The molecular formula is C23H41NO. The van der Waals surface area contributed by atoms with Gasteiger partial charge in [-0.05, 0) is 47.9 Å². The van der Waals surface area contributed by atoms with Crippen LogP contribution < -0.4 is 0 Å². The van der Waals surface area contributed by atoms with Crippen molar-refractivity contribution in [2.75, 3.05) is 13.1 Å². The number of hydrogen-bond donors (Lipinski definition) is 1. The lowest BCUT2D eigenvalue weighted by atomic mass is 9.79. The summed E-state index contributed by atoms with van der Waals surface area (Å²) in [4.78, 5) is 2.51. The Bertz CT molecular complexity index is 526. The third kappa shape index (κ3) is 6.66. The molecule has 1 aromatic rings. The lowest BCUT2D eigenvalue weighted by Gasteiger charge is -2.29. The van der Waals surface area contributed by atoms with Crippen LogP contribution in [0.25, 0.3) is 0 Å². The summed E-state index contributed by atoms with van der Waals surface area (Å²) in [6.45, 7) is 20.9. The van der Waals surface area contributed by atoms with Crippen LogP contribution in [0.4, 0.5) is 0 Å². The van der Waals surface area contributed by atoms with Crippen LogP contribution >= 0.6 is 0 Å². The second-order valence-electron chi connectivity index (χ2n) is 9.51. The number of hydrogen-bond acceptors (Lipinski definition) is 2. The first kappa shape index (κ1) is 22.0. The third-order valence-corrected chi connectivity index (χ3v) is 4.91. The molecule has 0 atom stereocenters. The van der Waals surface area contributed by atoms with Crippen LogP contribution in [0.2, 0.25) is 0 Å². The third-order valence-electron chi connectivity index (χ3n) is 4.91. The van der Waals surface area contributed by atoms with Gasteiger partial charge in [-0.25, -0.2) is 0 Å². The van der Waals surface area contributed by atoms with Crippen LogP contribution in [0.1, 0.15) is 97.8 Å². The van der Waals surface area contributed by atoms with Gasteiger partial charge in [0.1, 0.15) is 5.75 Å². The second-order valence-corrected chi connectivity index (χ2v) is 9.51. The minimum absolute atomic E-state index is 0.0578. The van der Waals surface area contributed by atoms with Crippen molar-refractivity contribution in [3.63, 3.8) is 0 Å². The summed E-state index contributed by atoms with van der Waals surface area (Å²) >= 11 is 0. The van der Waals surface area contributed by atoms with E-state index in [-0.39, 0.29) is 10.8 Å². The van der Waals surface area contributed by atoms with E-state index in [4.69, 9.17) is 0 Å². The summed E-state index contributed by atoms with van der Waals surface area (Å²) in [5.41, 5.74) is 3.50. The molecule has 1 rings (SSSR count). The molecule has 0 amide bonds. The lowest BCUT2D eigenvalue weighted by molar-refractivity contribution is 0.253. The zero-order chi connectivity index (χ0) is 19.3. The van der Waals surface area contributed by atoms with Gasteiger partial charge in [-0.2, -0.15) is 0 Å². The number of nitrogens with zero attached hydrogens (tertiary/aromatic N) is 1. The van der Waals surface area contributed by atoms with Gasteiger partial charge in [0.25, 0.3) is 0 Å². The van der Waals surface area contributed by atoms with Crippen molar-refractivity contribution in [3.8, 4) is 5.75 Å². The minimum atomic E-state index is -0.0578. The predicted molar refractivity (Wildman–Crippen MR) is 111 cm³/mol. The number of rotatable bonds is 8. The molecule has 25 heavy (non-hydrogen) atoms. The van der Waals surface area contributed by atoms with Crippen molar-refractivity contribution in [2.24, 2.45) is 0 Å². The topological polar surface area (TPSA) is 23.5 Å². The van der Waals surface area contributed by atoms with E-state index in [2.05, 4.69) is 72.4 Å². The average Bonchev–Trinajstić information content (AvgIpc) is 2.49. The van der Waals surface area contributed by atoms with Gasteiger partial charge < -0.3 is 5.11 Å². The molecule has 1 aromatic carbocycles. The first-order chi connectivity index (χ1) is 11.5. The van der Waals surface area contributed by atoms with Crippen LogP contribution in [0, 0.1) is 0 Å². The van der Waals surface area contributed by atoms with Gasteiger partial charge in [0.2, 0.25) is 0 Å². The van der Waals surface area contributed by atoms with Crippen molar-refractivity contribution in [1.29, 1.82) is 0 Å². The molecule has 0 aromatic heterocycles. The van der Waals surface area contributed by atoms with Crippen molar-refractivity contribution >= 4 is 0 Å². The van der Waals surface area contributed by atoms with Crippen molar-refractivity contribution in [3.05, 3.63) is 28.8 Å². The van der Waals surface area contributed by atoms with Crippen molar-refractivity contribution < 1.29 is 5.11 Å². The predicted octanol–water partition coefficient (Wildman–Crippen LogP) is 6.39.